The molecule has 4 rings (SSSR count). The van der Waals surface area contributed by atoms with Gasteiger partial charge >= 0.3 is 0 Å². The fourth-order valence-electron chi connectivity index (χ4n) is 3.82. The number of carbonyl (C=O) groups excluding carboxylic acids is 2. The van der Waals surface area contributed by atoms with Crippen molar-refractivity contribution in [2.45, 2.75) is 18.0 Å². The summed E-state index contributed by atoms with van der Waals surface area (Å²) in [6.45, 7) is 0.241. The molecular weight excluding hydrogens is 455 g/mol. The van der Waals surface area contributed by atoms with E-state index in [1.54, 1.807) is 35.2 Å². The van der Waals surface area contributed by atoms with Gasteiger partial charge in [0.1, 0.15) is 28.7 Å². The third-order valence-corrected chi connectivity index (χ3v) is 6.92. The van der Waals surface area contributed by atoms with E-state index in [0.29, 0.717) is 22.8 Å². The first-order valence-electron chi connectivity index (χ1n) is 10.7. The summed E-state index contributed by atoms with van der Waals surface area (Å²) in [4.78, 5) is 28.6. The Bertz CT molecular complexity index is 1130. The van der Waals surface area contributed by atoms with Crippen LogP contribution in [0.4, 0.5) is 4.39 Å². The third kappa shape index (κ3) is 5.17. The lowest BCUT2D eigenvalue weighted by molar-refractivity contribution is -0.125. The first-order valence-corrected chi connectivity index (χ1v) is 11.8. The standard InChI is InChI=1S/C26H25FN2O4S/c1-32-21-12-19(13-22(14-21)33-2)25(31)29-23(16-34-26(29)18-6-4-3-5-7-18)24(30)28-15-17-8-10-20(27)11-9-17/h3-14,23,26H,15-16H2,1-2H3,(H,28,30)/t23-,26-/m1/s1. The zero-order chi connectivity index (χ0) is 24.1. The zero-order valence-corrected chi connectivity index (χ0v) is 19.7. The Morgan fingerprint density at radius 3 is 2.26 bits per heavy atom. The molecule has 0 bridgehead atoms. The van der Waals surface area contributed by atoms with Crippen molar-refractivity contribution < 1.29 is 23.5 Å². The van der Waals surface area contributed by atoms with Gasteiger partial charge < -0.3 is 19.7 Å². The van der Waals surface area contributed by atoms with E-state index in [0.717, 1.165) is 11.1 Å². The van der Waals surface area contributed by atoms with E-state index in [2.05, 4.69) is 5.32 Å². The van der Waals surface area contributed by atoms with Crippen LogP contribution >= 0.6 is 11.8 Å². The third-order valence-electron chi connectivity index (χ3n) is 5.60. The molecule has 176 valence electrons. The lowest BCUT2D eigenvalue weighted by atomic mass is 10.1. The van der Waals surface area contributed by atoms with Crippen molar-refractivity contribution >= 4 is 23.6 Å². The Kier molecular flexibility index (Phi) is 7.37. The van der Waals surface area contributed by atoms with Crippen molar-refractivity contribution in [2.24, 2.45) is 0 Å². The maximum Gasteiger partial charge on any atom is 0.256 e. The molecule has 0 radical (unpaired) electrons. The highest BCUT2D eigenvalue weighted by molar-refractivity contribution is 7.99. The number of halogens is 1. The van der Waals surface area contributed by atoms with Crippen LogP contribution < -0.4 is 14.8 Å². The molecule has 1 saturated heterocycles. The summed E-state index contributed by atoms with van der Waals surface area (Å²) >= 11 is 1.54. The van der Waals surface area contributed by atoms with Crippen molar-refractivity contribution in [3.8, 4) is 11.5 Å². The van der Waals surface area contributed by atoms with E-state index < -0.39 is 6.04 Å². The van der Waals surface area contributed by atoms with Crippen molar-refractivity contribution in [2.75, 3.05) is 20.0 Å². The van der Waals surface area contributed by atoms with Crippen molar-refractivity contribution in [3.63, 3.8) is 0 Å². The second kappa shape index (κ2) is 10.6. The number of benzene rings is 3. The summed E-state index contributed by atoms with van der Waals surface area (Å²) in [5.41, 5.74) is 2.08. The molecule has 1 fully saturated rings. The molecule has 0 aliphatic carbocycles. The molecule has 1 aliphatic rings. The van der Waals surface area contributed by atoms with E-state index in [1.165, 1.54) is 38.1 Å². The van der Waals surface area contributed by atoms with Crippen molar-refractivity contribution in [3.05, 3.63) is 95.3 Å². The van der Waals surface area contributed by atoms with Gasteiger partial charge in [0.15, 0.2) is 0 Å². The summed E-state index contributed by atoms with van der Waals surface area (Å²) < 4.78 is 23.9. The monoisotopic (exact) mass is 480 g/mol. The Hall–Kier alpha value is -3.52. The van der Waals surface area contributed by atoms with Gasteiger partial charge in [-0.15, -0.1) is 11.8 Å². The highest BCUT2D eigenvalue weighted by atomic mass is 32.2. The number of rotatable bonds is 7. The number of amides is 2. The summed E-state index contributed by atoms with van der Waals surface area (Å²) in [5, 5.41) is 2.57. The Balaban J connectivity index is 1.62. The van der Waals surface area contributed by atoms with Gasteiger partial charge in [0.25, 0.3) is 5.91 Å². The summed E-state index contributed by atoms with van der Waals surface area (Å²) in [7, 11) is 3.04. The predicted octanol–water partition coefficient (Wildman–Crippen LogP) is 4.42. The van der Waals surface area contributed by atoms with Crippen LogP contribution in [-0.4, -0.2) is 42.7 Å². The highest BCUT2D eigenvalue weighted by Gasteiger charge is 2.42. The number of thioether (sulfide) groups is 1. The van der Waals surface area contributed by atoms with Crippen molar-refractivity contribution in [1.82, 2.24) is 10.2 Å². The first-order chi connectivity index (χ1) is 16.5. The minimum atomic E-state index is -0.680. The molecule has 34 heavy (non-hydrogen) atoms. The topological polar surface area (TPSA) is 67.9 Å². The van der Waals surface area contributed by atoms with E-state index in [1.807, 2.05) is 30.3 Å². The number of nitrogens with zero attached hydrogens (tertiary/aromatic N) is 1. The van der Waals surface area contributed by atoms with E-state index in [-0.39, 0.29) is 29.6 Å². The van der Waals surface area contributed by atoms with Gasteiger partial charge in [-0.3, -0.25) is 9.59 Å². The molecule has 1 aliphatic heterocycles. The number of ether oxygens (including phenoxy) is 2. The molecule has 3 aromatic rings. The van der Waals surface area contributed by atoms with Crippen LogP contribution in [-0.2, 0) is 11.3 Å². The van der Waals surface area contributed by atoms with Crippen LogP contribution in [0.1, 0.15) is 26.9 Å². The van der Waals surface area contributed by atoms with Gasteiger partial charge in [0.2, 0.25) is 5.91 Å². The zero-order valence-electron chi connectivity index (χ0n) is 18.9. The average molecular weight is 481 g/mol. The number of nitrogens with one attached hydrogen (secondary N) is 1. The van der Waals surface area contributed by atoms with Gasteiger partial charge in [0, 0.05) is 23.9 Å². The Morgan fingerprint density at radius 1 is 1.00 bits per heavy atom. The molecule has 2 amide bonds. The van der Waals surface area contributed by atoms with Crippen LogP contribution in [0.5, 0.6) is 11.5 Å². The fourth-order valence-corrected chi connectivity index (χ4v) is 5.25. The van der Waals surface area contributed by atoms with Gasteiger partial charge in [-0.05, 0) is 35.4 Å². The Morgan fingerprint density at radius 2 is 1.65 bits per heavy atom. The summed E-state index contributed by atoms with van der Waals surface area (Å²) in [6.07, 6.45) is 0. The largest absolute Gasteiger partial charge is 0.497 e. The van der Waals surface area contributed by atoms with E-state index in [9.17, 15) is 14.0 Å². The minimum Gasteiger partial charge on any atom is -0.497 e. The van der Waals surface area contributed by atoms with E-state index in [4.69, 9.17) is 9.47 Å². The smallest absolute Gasteiger partial charge is 0.256 e. The second-order valence-corrected chi connectivity index (χ2v) is 8.88. The number of hydrogen-bond acceptors (Lipinski definition) is 5. The molecular formula is C26H25FN2O4S. The quantitative estimate of drug-likeness (QED) is 0.543. The number of carbonyl (C=O) groups is 2. The van der Waals surface area contributed by atoms with Crippen LogP contribution in [0.2, 0.25) is 0 Å². The molecule has 0 unspecified atom stereocenters. The molecule has 2 atom stereocenters. The normalized spacial score (nSPS) is 17.3. The lowest BCUT2D eigenvalue weighted by Gasteiger charge is -2.29. The van der Waals surface area contributed by atoms with Gasteiger partial charge in [0.05, 0.1) is 14.2 Å². The second-order valence-electron chi connectivity index (χ2n) is 7.77. The SMILES string of the molecule is COc1cc(OC)cc(C(=O)N2[C@@H](C(=O)NCc3ccc(F)cc3)CS[C@@H]2c2ccccc2)c1. The van der Waals surface area contributed by atoms with E-state index >= 15 is 0 Å². The van der Waals surface area contributed by atoms with Crippen LogP contribution in [0, 0.1) is 5.82 Å². The van der Waals surface area contributed by atoms with Gasteiger partial charge in [-0.2, -0.15) is 0 Å². The lowest BCUT2D eigenvalue weighted by Crippen LogP contribution is -2.47. The summed E-state index contributed by atoms with van der Waals surface area (Å²) in [6, 6.07) is 19.9. The van der Waals surface area contributed by atoms with Crippen LogP contribution in [0.15, 0.2) is 72.8 Å². The van der Waals surface area contributed by atoms with Crippen LogP contribution in [0.25, 0.3) is 0 Å². The molecule has 6 nitrogen and oxygen atoms in total. The highest BCUT2D eigenvalue weighted by Crippen LogP contribution is 2.42. The minimum absolute atomic E-state index is 0.241. The maximum atomic E-state index is 13.8. The number of hydrogen-bond donors (Lipinski definition) is 1. The fraction of sp³-hybridized carbons (Fsp3) is 0.231. The molecule has 0 spiro atoms. The summed E-state index contributed by atoms with van der Waals surface area (Å²) in [5.74, 6) is 0.530. The van der Waals surface area contributed by atoms with Crippen molar-refractivity contribution in [1.29, 1.82) is 0 Å². The molecule has 0 aromatic heterocycles. The Labute approximate surface area is 202 Å². The molecule has 1 N–H and O–H groups in total. The van der Waals surface area contributed by atoms with Crippen LogP contribution in [0.3, 0.4) is 0 Å². The number of methoxy groups -OCH3 is 2. The molecule has 0 saturated carbocycles. The van der Waals surface area contributed by atoms with Gasteiger partial charge in [-0.25, -0.2) is 4.39 Å². The molecule has 3 aromatic carbocycles. The first kappa shape index (κ1) is 23.6. The van der Waals surface area contributed by atoms with Gasteiger partial charge in [-0.1, -0.05) is 42.5 Å². The molecule has 1 heterocycles. The molecule has 8 heteroatoms. The predicted molar refractivity (Wildman–Crippen MR) is 129 cm³/mol. The maximum absolute atomic E-state index is 13.8. The average Bonchev–Trinajstić information content (AvgIpc) is 3.33.